The van der Waals surface area contributed by atoms with Crippen LogP contribution in [0.2, 0.25) is 0 Å². The van der Waals surface area contributed by atoms with Crippen LogP contribution in [0.15, 0.2) is 36.4 Å². The number of ether oxygens (including phenoxy) is 3. The van der Waals surface area contributed by atoms with Gasteiger partial charge in [-0.15, -0.1) is 0 Å². The minimum Gasteiger partial charge on any atom is -0.487 e. The number of rotatable bonds is 10. The predicted octanol–water partition coefficient (Wildman–Crippen LogP) is 3.70. The molecule has 0 atom stereocenters. The first-order valence-corrected chi connectivity index (χ1v) is 10.9. The Labute approximate surface area is 188 Å². The molecule has 1 amide bonds. The second-order valence-electron chi connectivity index (χ2n) is 8.06. The van der Waals surface area contributed by atoms with E-state index < -0.39 is 0 Å². The summed E-state index contributed by atoms with van der Waals surface area (Å²) in [7, 11) is 3.43. The molecule has 2 aliphatic heterocycles. The van der Waals surface area contributed by atoms with Crippen LogP contribution in [0.3, 0.4) is 0 Å². The molecule has 7 heteroatoms. The number of aryl methyl sites for hydroxylation is 1. The van der Waals surface area contributed by atoms with Gasteiger partial charge in [-0.05, 0) is 43.1 Å². The summed E-state index contributed by atoms with van der Waals surface area (Å²) in [5, 5.41) is 2.80. The summed E-state index contributed by atoms with van der Waals surface area (Å²) >= 11 is 0. The first-order chi connectivity index (χ1) is 15.6. The molecule has 0 aliphatic carbocycles. The largest absolute Gasteiger partial charge is 0.487 e. The molecule has 0 saturated heterocycles. The van der Waals surface area contributed by atoms with E-state index in [0.717, 1.165) is 43.6 Å². The Balaban J connectivity index is 1.46. The van der Waals surface area contributed by atoms with Gasteiger partial charge in [-0.3, -0.25) is 9.69 Å². The molecule has 0 spiro atoms. The van der Waals surface area contributed by atoms with Crippen molar-refractivity contribution in [3.05, 3.63) is 64.5 Å². The number of halogens is 1. The molecule has 2 heterocycles. The van der Waals surface area contributed by atoms with Crippen LogP contribution in [0.5, 0.6) is 0 Å². The molecular weight excluding hydrogens is 411 g/mol. The van der Waals surface area contributed by atoms with Crippen molar-refractivity contribution >= 4 is 22.9 Å². The van der Waals surface area contributed by atoms with Crippen molar-refractivity contribution in [2.75, 3.05) is 52.4 Å². The predicted molar refractivity (Wildman–Crippen MR) is 122 cm³/mol. The highest BCUT2D eigenvalue weighted by molar-refractivity contribution is 6.36. The van der Waals surface area contributed by atoms with E-state index in [9.17, 15) is 9.18 Å². The van der Waals surface area contributed by atoms with Gasteiger partial charge >= 0.3 is 0 Å². The normalized spacial score (nSPS) is 16.8. The van der Waals surface area contributed by atoms with Crippen molar-refractivity contribution in [3.63, 3.8) is 0 Å². The molecule has 2 aromatic rings. The number of nitrogens with one attached hydrogen (secondary N) is 1. The Morgan fingerprint density at radius 2 is 1.81 bits per heavy atom. The number of benzene rings is 2. The number of hydrogen-bond acceptors (Lipinski definition) is 5. The molecule has 0 radical (unpaired) electrons. The van der Waals surface area contributed by atoms with E-state index in [1.165, 1.54) is 17.7 Å². The van der Waals surface area contributed by atoms with Crippen LogP contribution in [0.25, 0.3) is 11.3 Å². The van der Waals surface area contributed by atoms with Crippen LogP contribution in [-0.2, 0) is 32.0 Å². The lowest BCUT2D eigenvalue weighted by Crippen LogP contribution is -2.31. The van der Waals surface area contributed by atoms with Gasteiger partial charge in [0, 0.05) is 49.7 Å². The van der Waals surface area contributed by atoms with E-state index in [-0.39, 0.29) is 11.7 Å². The van der Waals surface area contributed by atoms with Crippen LogP contribution < -0.4 is 5.32 Å². The number of amides is 1. The first-order valence-electron chi connectivity index (χ1n) is 10.9. The summed E-state index contributed by atoms with van der Waals surface area (Å²) in [4.78, 5) is 14.9. The van der Waals surface area contributed by atoms with Gasteiger partial charge in [0.25, 0.3) is 5.91 Å². The van der Waals surface area contributed by atoms with Gasteiger partial charge in [-0.2, -0.15) is 0 Å². The number of fused-ring (bicyclic) bond motifs is 2. The van der Waals surface area contributed by atoms with E-state index in [1.807, 2.05) is 6.07 Å². The monoisotopic (exact) mass is 440 g/mol. The van der Waals surface area contributed by atoms with Crippen LogP contribution >= 0.6 is 0 Å². The SMILES string of the molecule is COCCN(CCCc1ccc2c(c1)CO/C2=C1/C(=O)Nc2ccc(F)cc21)CCOC. The Morgan fingerprint density at radius 1 is 1.03 bits per heavy atom. The third kappa shape index (κ3) is 4.85. The highest BCUT2D eigenvalue weighted by atomic mass is 19.1. The third-order valence-electron chi connectivity index (χ3n) is 5.90. The van der Waals surface area contributed by atoms with E-state index >= 15 is 0 Å². The number of carbonyl (C=O) groups excluding carboxylic acids is 1. The van der Waals surface area contributed by atoms with Crippen LogP contribution in [0.1, 0.15) is 28.7 Å². The molecule has 0 aromatic heterocycles. The molecule has 170 valence electrons. The van der Waals surface area contributed by atoms with Crippen molar-refractivity contribution in [3.8, 4) is 0 Å². The minimum absolute atomic E-state index is 0.260. The molecular formula is C25H29FN2O4. The fraction of sp³-hybridized carbons (Fsp3) is 0.400. The molecule has 6 nitrogen and oxygen atoms in total. The summed E-state index contributed by atoms with van der Waals surface area (Å²) in [5.41, 5.74) is 4.75. The van der Waals surface area contributed by atoms with Gasteiger partial charge in [-0.1, -0.05) is 18.2 Å². The Morgan fingerprint density at radius 3 is 2.56 bits per heavy atom. The molecule has 1 N–H and O–H groups in total. The Kier molecular flexibility index (Phi) is 7.19. The lowest BCUT2D eigenvalue weighted by atomic mass is 9.98. The van der Waals surface area contributed by atoms with Crippen molar-refractivity contribution in [1.29, 1.82) is 0 Å². The lowest BCUT2D eigenvalue weighted by Gasteiger charge is -2.21. The Hall–Kier alpha value is -2.74. The molecule has 32 heavy (non-hydrogen) atoms. The number of hydrogen-bond donors (Lipinski definition) is 1. The molecule has 2 aliphatic rings. The van der Waals surface area contributed by atoms with Crippen molar-refractivity contribution < 1.29 is 23.4 Å². The number of nitrogens with zero attached hydrogens (tertiary/aromatic N) is 1. The standard InChI is InChI=1S/C25H29FN2O4/c1-30-12-10-28(11-13-31-2)9-3-4-17-5-7-20-18(14-17)16-32-24(20)23-21-15-19(26)6-8-22(21)27-25(23)29/h5-8,14-15H,3-4,9-13,16H2,1-2H3,(H,27,29)/b24-23+. The van der Waals surface area contributed by atoms with Gasteiger partial charge in [0.05, 0.1) is 18.8 Å². The third-order valence-corrected chi connectivity index (χ3v) is 5.90. The van der Waals surface area contributed by atoms with Crippen LogP contribution in [0.4, 0.5) is 10.1 Å². The van der Waals surface area contributed by atoms with Gasteiger partial charge in [0.2, 0.25) is 0 Å². The smallest absolute Gasteiger partial charge is 0.260 e. The lowest BCUT2D eigenvalue weighted by molar-refractivity contribution is -0.110. The fourth-order valence-corrected chi connectivity index (χ4v) is 4.23. The maximum absolute atomic E-state index is 13.8. The average Bonchev–Trinajstić information content (AvgIpc) is 3.34. The molecule has 2 aromatic carbocycles. The summed E-state index contributed by atoms with van der Waals surface area (Å²) in [6.07, 6.45) is 1.97. The maximum Gasteiger partial charge on any atom is 0.260 e. The topological polar surface area (TPSA) is 60.0 Å². The van der Waals surface area contributed by atoms with Crippen molar-refractivity contribution in [1.82, 2.24) is 4.90 Å². The molecule has 0 fully saturated rings. The fourth-order valence-electron chi connectivity index (χ4n) is 4.23. The summed E-state index contributed by atoms with van der Waals surface area (Å²) in [6.45, 7) is 4.57. The van der Waals surface area contributed by atoms with E-state index in [2.05, 4.69) is 22.3 Å². The zero-order valence-electron chi connectivity index (χ0n) is 18.6. The summed E-state index contributed by atoms with van der Waals surface area (Å²) in [6, 6.07) is 10.5. The molecule has 0 unspecified atom stereocenters. The highest BCUT2D eigenvalue weighted by Crippen LogP contribution is 2.41. The maximum atomic E-state index is 13.8. The number of anilines is 1. The first kappa shape index (κ1) is 22.5. The van der Waals surface area contributed by atoms with Gasteiger partial charge in [-0.25, -0.2) is 4.39 Å². The quantitative estimate of drug-likeness (QED) is 0.571. The Bertz CT molecular complexity index is 1010. The van der Waals surface area contributed by atoms with Gasteiger partial charge in [0.1, 0.15) is 18.2 Å². The number of methoxy groups -OCH3 is 2. The van der Waals surface area contributed by atoms with E-state index in [4.69, 9.17) is 14.2 Å². The van der Waals surface area contributed by atoms with E-state index in [1.54, 1.807) is 20.3 Å². The second kappa shape index (κ2) is 10.3. The summed E-state index contributed by atoms with van der Waals surface area (Å²) in [5.74, 6) is -0.111. The molecule has 0 saturated carbocycles. The minimum atomic E-state index is -0.378. The average molecular weight is 441 g/mol. The zero-order chi connectivity index (χ0) is 22.5. The van der Waals surface area contributed by atoms with Crippen molar-refractivity contribution in [2.45, 2.75) is 19.4 Å². The van der Waals surface area contributed by atoms with Crippen molar-refractivity contribution in [2.24, 2.45) is 0 Å². The number of carbonyl (C=O) groups is 1. The van der Waals surface area contributed by atoms with E-state index in [0.29, 0.717) is 42.4 Å². The molecule has 0 bridgehead atoms. The summed E-state index contributed by atoms with van der Waals surface area (Å²) < 4.78 is 30.1. The van der Waals surface area contributed by atoms with Gasteiger partial charge < -0.3 is 19.5 Å². The van der Waals surface area contributed by atoms with Gasteiger partial charge in [0.15, 0.2) is 0 Å². The highest BCUT2D eigenvalue weighted by Gasteiger charge is 2.32. The second-order valence-corrected chi connectivity index (χ2v) is 8.06. The zero-order valence-corrected chi connectivity index (χ0v) is 18.6. The van der Waals surface area contributed by atoms with Crippen LogP contribution in [-0.4, -0.2) is 57.9 Å². The molecule has 4 rings (SSSR count). The van der Waals surface area contributed by atoms with Crippen LogP contribution in [0, 0.1) is 5.82 Å².